The Hall–Kier alpha value is -2.59. The lowest BCUT2D eigenvalue weighted by Crippen LogP contribution is -2.64. The minimum atomic E-state index is -0.707. The van der Waals surface area contributed by atoms with Crippen molar-refractivity contribution in [2.75, 3.05) is 11.4 Å². The van der Waals surface area contributed by atoms with Crippen molar-refractivity contribution in [3.63, 3.8) is 0 Å². The lowest BCUT2D eigenvalue weighted by molar-refractivity contribution is 0.0481. The molecule has 0 N–H and O–H groups in total. The third-order valence-electron chi connectivity index (χ3n) is 7.00. The van der Waals surface area contributed by atoms with Crippen molar-refractivity contribution in [1.82, 2.24) is 4.98 Å². The van der Waals surface area contributed by atoms with Gasteiger partial charge in [0.15, 0.2) is 5.75 Å². The van der Waals surface area contributed by atoms with Gasteiger partial charge in [-0.2, -0.15) is 0 Å². The third kappa shape index (κ3) is 2.88. The van der Waals surface area contributed by atoms with Crippen LogP contribution >= 0.6 is 11.6 Å². The molecule has 1 unspecified atom stereocenters. The number of aromatic nitrogens is 1. The molecule has 2 aromatic carbocycles. The van der Waals surface area contributed by atoms with E-state index < -0.39 is 5.72 Å². The normalized spacial score (nSPS) is 20.4. The molecule has 1 atom stereocenters. The highest BCUT2D eigenvalue weighted by atomic mass is 35.5. The quantitative estimate of drug-likeness (QED) is 0.393. The van der Waals surface area contributed by atoms with Gasteiger partial charge in [-0.25, -0.2) is 0 Å². The number of nitrogens with zero attached hydrogens (tertiary/aromatic N) is 3. The molecule has 3 heterocycles. The monoisotopic (exact) mass is 447 g/mol. The summed E-state index contributed by atoms with van der Waals surface area (Å²) in [4.78, 5) is 12.1. The number of fused-ring (bicyclic) bond motifs is 4. The van der Waals surface area contributed by atoms with E-state index in [1.165, 1.54) is 11.3 Å². The number of benzene rings is 2. The van der Waals surface area contributed by atoms with Crippen LogP contribution in [0.5, 0.6) is 5.75 Å². The molecule has 0 fully saturated rings. The van der Waals surface area contributed by atoms with Gasteiger partial charge in [-0.15, -0.1) is 0 Å². The van der Waals surface area contributed by atoms with Crippen molar-refractivity contribution >= 4 is 40.1 Å². The fourth-order valence-electron chi connectivity index (χ4n) is 5.87. The Bertz CT molecular complexity index is 1180. The maximum absolute atomic E-state index is 7.17. The molecule has 4 nitrogen and oxygen atoms in total. The number of hydrogen-bond acceptors (Lipinski definition) is 4. The van der Waals surface area contributed by atoms with E-state index in [-0.39, 0.29) is 5.41 Å². The summed E-state index contributed by atoms with van der Waals surface area (Å²) in [6.07, 6.45) is 8.99. The first-order chi connectivity index (χ1) is 15.6. The second-order valence-corrected chi connectivity index (χ2v) is 9.38. The summed E-state index contributed by atoms with van der Waals surface area (Å²) in [7, 11) is 0. The van der Waals surface area contributed by atoms with Gasteiger partial charge in [0.2, 0.25) is 5.72 Å². The van der Waals surface area contributed by atoms with Crippen LogP contribution in [0.3, 0.4) is 0 Å². The topological polar surface area (TPSA) is 37.7 Å². The average molecular weight is 448 g/mol. The highest BCUT2D eigenvalue weighted by Gasteiger charge is 2.63. The lowest BCUT2D eigenvalue weighted by atomic mass is 9.67. The standard InChI is InChI=1S/C27H30ClN3O/c1-4-13-26(14-5-2)21-17-20(28)10-12-23(21)31(16-6-3)27(26)18-30-22-11-9-19-8-7-15-29-24(19)25(22)32-27/h7-12,15,17-18H,4-6,13-14,16H2,1-3H3. The molecular formula is C27H30ClN3O. The molecule has 0 bridgehead atoms. The van der Waals surface area contributed by atoms with Crippen LogP contribution in [0.25, 0.3) is 10.9 Å². The minimum Gasteiger partial charge on any atom is -0.457 e. The van der Waals surface area contributed by atoms with E-state index in [1.54, 1.807) is 0 Å². The zero-order valence-corrected chi connectivity index (χ0v) is 19.8. The largest absolute Gasteiger partial charge is 0.457 e. The first kappa shape index (κ1) is 21.3. The summed E-state index contributed by atoms with van der Waals surface area (Å²) >= 11 is 6.56. The predicted octanol–water partition coefficient (Wildman–Crippen LogP) is 7.45. The molecule has 0 amide bonds. The molecule has 5 heteroatoms. The third-order valence-corrected chi connectivity index (χ3v) is 7.23. The van der Waals surface area contributed by atoms with Crippen molar-refractivity contribution in [1.29, 1.82) is 0 Å². The summed E-state index contributed by atoms with van der Waals surface area (Å²) in [5, 5.41) is 1.84. The summed E-state index contributed by atoms with van der Waals surface area (Å²) in [6, 6.07) is 14.5. The highest BCUT2D eigenvalue weighted by Crippen LogP contribution is 2.59. The SMILES string of the molecule is CCCN1c2ccc(Cl)cc2C(CCC)(CCC)C12C=Nc1ccc3cccnc3c1O2. The van der Waals surface area contributed by atoms with E-state index in [0.29, 0.717) is 0 Å². The number of rotatable bonds is 6. The molecule has 1 aromatic heterocycles. The molecule has 2 aliphatic rings. The van der Waals surface area contributed by atoms with Crippen LogP contribution < -0.4 is 9.64 Å². The Morgan fingerprint density at radius 2 is 1.81 bits per heavy atom. The summed E-state index contributed by atoms with van der Waals surface area (Å²) < 4.78 is 7.17. The molecule has 5 rings (SSSR count). The number of hydrogen-bond donors (Lipinski definition) is 0. The molecule has 0 radical (unpaired) electrons. The number of pyridine rings is 1. The van der Waals surface area contributed by atoms with Crippen LogP contribution in [-0.4, -0.2) is 23.5 Å². The van der Waals surface area contributed by atoms with Crippen LogP contribution in [0.15, 0.2) is 53.7 Å². The lowest BCUT2D eigenvalue weighted by Gasteiger charge is -2.49. The average Bonchev–Trinajstić information content (AvgIpc) is 3.00. The maximum Gasteiger partial charge on any atom is 0.229 e. The second-order valence-electron chi connectivity index (χ2n) is 8.94. The number of ether oxygens (including phenoxy) is 1. The van der Waals surface area contributed by atoms with Crippen molar-refractivity contribution in [3.05, 3.63) is 59.2 Å². The molecular weight excluding hydrogens is 418 g/mol. The Kier molecular flexibility index (Phi) is 5.37. The van der Waals surface area contributed by atoms with Crippen molar-refractivity contribution in [3.8, 4) is 5.75 Å². The Morgan fingerprint density at radius 3 is 2.56 bits per heavy atom. The zero-order valence-electron chi connectivity index (χ0n) is 19.1. The van der Waals surface area contributed by atoms with Crippen LogP contribution in [0, 0.1) is 0 Å². The Morgan fingerprint density at radius 1 is 1.00 bits per heavy atom. The van der Waals surface area contributed by atoms with Gasteiger partial charge >= 0.3 is 0 Å². The van der Waals surface area contributed by atoms with Gasteiger partial charge in [0, 0.05) is 28.8 Å². The fraction of sp³-hybridized carbons (Fsp3) is 0.407. The number of aliphatic imine (C=N–C) groups is 1. The number of anilines is 1. The smallest absolute Gasteiger partial charge is 0.229 e. The molecule has 32 heavy (non-hydrogen) atoms. The summed E-state index contributed by atoms with van der Waals surface area (Å²) in [6.45, 7) is 7.60. The molecule has 0 aliphatic carbocycles. The molecule has 1 spiro atoms. The van der Waals surface area contributed by atoms with E-state index in [9.17, 15) is 0 Å². The second kappa shape index (κ2) is 8.08. The van der Waals surface area contributed by atoms with Gasteiger partial charge in [-0.3, -0.25) is 9.98 Å². The van der Waals surface area contributed by atoms with Gasteiger partial charge < -0.3 is 9.64 Å². The molecule has 2 aliphatic heterocycles. The fourth-order valence-corrected chi connectivity index (χ4v) is 6.04. The van der Waals surface area contributed by atoms with Gasteiger partial charge in [-0.1, -0.05) is 57.3 Å². The van der Waals surface area contributed by atoms with Crippen molar-refractivity contribution in [2.24, 2.45) is 4.99 Å². The van der Waals surface area contributed by atoms with Crippen LogP contribution in [0.4, 0.5) is 11.4 Å². The van der Waals surface area contributed by atoms with Gasteiger partial charge in [0.05, 0.1) is 11.6 Å². The minimum absolute atomic E-state index is 0.246. The first-order valence-corrected chi connectivity index (χ1v) is 12.2. The van der Waals surface area contributed by atoms with Gasteiger partial charge in [0.25, 0.3) is 0 Å². The van der Waals surface area contributed by atoms with Crippen LogP contribution in [0.2, 0.25) is 5.02 Å². The summed E-state index contributed by atoms with van der Waals surface area (Å²) in [5.74, 6) is 0.780. The van der Waals surface area contributed by atoms with E-state index in [2.05, 4.69) is 61.1 Å². The number of halogens is 1. The molecule has 0 saturated carbocycles. The molecule has 166 valence electrons. The Balaban J connectivity index is 1.80. The van der Waals surface area contributed by atoms with E-state index in [0.717, 1.165) is 66.0 Å². The molecule has 3 aromatic rings. The van der Waals surface area contributed by atoms with Crippen LogP contribution in [-0.2, 0) is 5.41 Å². The first-order valence-electron chi connectivity index (χ1n) is 11.8. The maximum atomic E-state index is 7.17. The molecule has 0 saturated heterocycles. The van der Waals surface area contributed by atoms with Gasteiger partial charge in [-0.05, 0) is 55.2 Å². The van der Waals surface area contributed by atoms with E-state index in [4.69, 9.17) is 21.3 Å². The van der Waals surface area contributed by atoms with Crippen LogP contribution in [0.1, 0.15) is 58.4 Å². The predicted molar refractivity (Wildman–Crippen MR) is 134 cm³/mol. The van der Waals surface area contributed by atoms with Gasteiger partial charge in [0.1, 0.15) is 11.2 Å². The summed E-state index contributed by atoms with van der Waals surface area (Å²) in [5.41, 5.74) is 3.25. The van der Waals surface area contributed by atoms with Crippen molar-refractivity contribution in [2.45, 2.75) is 64.0 Å². The van der Waals surface area contributed by atoms with E-state index in [1.807, 2.05) is 24.4 Å². The Labute approximate surface area is 195 Å². The zero-order chi connectivity index (χ0) is 22.3. The van der Waals surface area contributed by atoms with E-state index >= 15 is 0 Å². The van der Waals surface area contributed by atoms with Crippen molar-refractivity contribution < 1.29 is 4.74 Å². The highest BCUT2D eigenvalue weighted by molar-refractivity contribution is 6.30.